The second-order valence-electron chi connectivity index (χ2n) is 5.88. The van der Waals surface area contributed by atoms with Gasteiger partial charge in [-0.25, -0.2) is 4.79 Å². The highest BCUT2D eigenvalue weighted by Crippen LogP contribution is 2.26. The minimum atomic E-state index is -0.390. The van der Waals surface area contributed by atoms with Crippen molar-refractivity contribution in [1.82, 2.24) is 10.6 Å². The highest BCUT2D eigenvalue weighted by molar-refractivity contribution is 8.18. The first-order valence-electron chi connectivity index (χ1n) is 8.70. The maximum absolute atomic E-state index is 11.9. The molecule has 4 amide bonds. The van der Waals surface area contributed by atoms with E-state index in [1.807, 2.05) is 0 Å². The highest BCUT2D eigenvalue weighted by atomic mass is 32.2. The molecule has 1 saturated heterocycles. The number of hydrogen-bond donors (Lipinski definition) is 3. The van der Waals surface area contributed by atoms with E-state index in [1.165, 1.54) is 0 Å². The van der Waals surface area contributed by atoms with E-state index in [0.29, 0.717) is 35.2 Å². The molecular weight excluding hydrogens is 394 g/mol. The van der Waals surface area contributed by atoms with E-state index in [4.69, 9.17) is 9.47 Å². The van der Waals surface area contributed by atoms with E-state index in [9.17, 15) is 14.4 Å². The zero-order chi connectivity index (χ0) is 20.6. The van der Waals surface area contributed by atoms with Crippen molar-refractivity contribution >= 4 is 40.7 Å². The smallest absolute Gasteiger partial charge is 0.319 e. The second kappa shape index (κ2) is 9.65. The van der Waals surface area contributed by atoms with Gasteiger partial charge in [-0.3, -0.25) is 14.9 Å². The van der Waals surface area contributed by atoms with Gasteiger partial charge in [0.05, 0.1) is 18.6 Å². The number of ether oxygens (including phenoxy) is 2. The van der Waals surface area contributed by atoms with E-state index in [1.54, 1.807) is 61.7 Å². The summed E-state index contributed by atoms with van der Waals surface area (Å²) in [6.07, 6.45) is 1.64. The molecule has 0 radical (unpaired) electrons. The van der Waals surface area contributed by atoms with Crippen LogP contribution in [0.3, 0.4) is 0 Å². The number of benzene rings is 2. The first-order valence-corrected chi connectivity index (χ1v) is 9.52. The van der Waals surface area contributed by atoms with Crippen LogP contribution in [0.4, 0.5) is 15.3 Å². The zero-order valence-electron chi connectivity index (χ0n) is 15.6. The van der Waals surface area contributed by atoms with Gasteiger partial charge in [0.1, 0.15) is 18.1 Å². The molecule has 8 nitrogen and oxygen atoms in total. The fraction of sp³-hybridized carbons (Fsp3) is 0.150. The Balaban J connectivity index is 1.40. The fourth-order valence-electron chi connectivity index (χ4n) is 2.42. The summed E-state index contributed by atoms with van der Waals surface area (Å²) in [6.45, 7) is 0.621. The topological polar surface area (TPSA) is 106 Å². The van der Waals surface area contributed by atoms with Gasteiger partial charge in [0.15, 0.2) is 0 Å². The Kier molecular flexibility index (Phi) is 6.75. The predicted molar refractivity (Wildman–Crippen MR) is 111 cm³/mol. The van der Waals surface area contributed by atoms with Gasteiger partial charge < -0.3 is 20.1 Å². The van der Waals surface area contributed by atoms with Crippen LogP contribution in [-0.2, 0) is 4.79 Å². The largest absolute Gasteiger partial charge is 0.497 e. The SMILES string of the molecule is COc1ccc(NC(=O)NCCOc2ccc(/C=C3\SC(=O)NC3=O)cc2)cc1. The van der Waals surface area contributed by atoms with E-state index in [2.05, 4.69) is 16.0 Å². The fourth-order valence-corrected chi connectivity index (χ4v) is 3.10. The number of carbonyl (C=O) groups is 3. The van der Waals surface area contributed by atoms with Crippen molar-refractivity contribution in [3.63, 3.8) is 0 Å². The van der Waals surface area contributed by atoms with Gasteiger partial charge in [0.2, 0.25) is 0 Å². The average molecular weight is 413 g/mol. The van der Waals surface area contributed by atoms with Gasteiger partial charge in [-0.05, 0) is 59.8 Å². The van der Waals surface area contributed by atoms with E-state index in [0.717, 1.165) is 17.3 Å². The lowest BCUT2D eigenvalue weighted by atomic mass is 10.2. The molecule has 0 spiro atoms. The number of amides is 4. The molecule has 2 aromatic rings. The van der Waals surface area contributed by atoms with Crippen molar-refractivity contribution in [3.8, 4) is 11.5 Å². The molecule has 1 heterocycles. The van der Waals surface area contributed by atoms with Gasteiger partial charge in [0.25, 0.3) is 11.1 Å². The molecule has 0 aliphatic carbocycles. The second-order valence-corrected chi connectivity index (χ2v) is 6.89. The van der Waals surface area contributed by atoms with Gasteiger partial charge in [-0.1, -0.05) is 12.1 Å². The van der Waals surface area contributed by atoms with Crippen LogP contribution in [0.5, 0.6) is 11.5 Å². The number of thioether (sulfide) groups is 1. The third-order valence-corrected chi connectivity index (χ3v) is 4.63. The summed E-state index contributed by atoms with van der Waals surface area (Å²) in [7, 11) is 1.58. The van der Waals surface area contributed by atoms with Gasteiger partial charge in [-0.15, -0.1) is 0 Å². The van der Waals surface area contributed by atoms with Crippen LogP contribution in [0.25, 0.3) is 6.08 Å². The van der Waals surface area contributed by atoms with Crippen LogP contribution >= 0.6 is 11.8 Å². The third kappa shape index (κ3) is 6.01. The maximum atomic E-state index is 11.9. The average Bonchev–Trinajstić information content (AvgIpc) is 3.04. The minimum Gasteiger partial charge on any atom is -0.497 e. The maximum Gasteiger partial charge on any atom is 0.319 e. The Hall–Kier alpha value is -3.46. The molecule has 2 aromatic carbocycles. The summed E-state index contributed by atoms with van der Waals surface area (Å²) >= 11 is 0.872. The third-order valence-electron chi connectivity index (χ3n) is 3.82. The first-order chi connectivity index (χ1) is 14.0. The summed E-state index contributed by atoms with van der Waals surface area (Å²) in [5, 5.41) is 7.26. The van der Waals surface area contributed by atoms with Crippen LogP contribution in [0, 0.1) is 0 Å². The number of methoxy groups -OCH3 is 1. The van der Waals surface area contributed by atoms with E-state index in [-0.39, 0.29) is 17.2 Å². The number of carbonyl (C=O) groups excluding carboxylic acids is 3. The molecule has 0 atom stereocenters. The van der Waals surface area contributed by atoms with Gasteiger partial charge in [0, 0.05) is 5.69 Å². The Morgan fingerprint density at radius 3 is 2.38 bits per heavy atom. The van der Waals surface area contributed by atoms with Crippen LogP contribution in [0.2, 0.25) is 0 Å². The van der Waals surface area contributed by atoms with Crippen LogP contribution < -0.4 is 25.4 Å². The zero-order valence-corrected chi connectivity index (χ0v) is 16.4. The lowest BCUT2D eigenvalue weighted by Gasteiger charge is -2.09. The Labute approximate surface area is 171 Å². The monoisotopic (exact) mass is 413 g/mol. The van der Waals surface area contributed by atoms with Crippen molar-refractivity contribution in [2.75, 3.05) is 25.6 Å². The molecule has 0 aromatic heterocycles. The van der Waals surface area contributed by atoms with Crippen molar-refractivity contribution in [1.29, 1.82) is 0 Å². The van der Waals surface area contributed by atoms with E-state index < -0.39 is 0 Å². The number of rotatable bonds is 7. The molecule has 0 bridgehead atoms. The number of urea groups is 1. The van der Waals surface area contributed by atoms with E-state index >= 15 is 0 Å². The molecule has 3 rings (SSSR count). The molecule has 1 aliphatic rings. The Morgan fingerprint density at radius 2 is 1.76 bits per heavy atom. The van der Waals surface area contributed by atoms with Crippen LogP contribution in [0.15, 0.2) is 53.4 Å². The number of hydrogen-bond acceptors (Lipinski definition) is 6. The molecule has 3 N–H and O–H groups in total. The standard InChI is InChI=1S/C20H19N3O5S/c1-27-15-8-4-14(5-9-15)22-19(25)21-10-11-28-16-6-2-13(3-7-16)12-17-18(24)23-20(26)29-17/h2-9,12H,10-11H2,1H3,(H2,21,22,25)(H,23,24,26)/b17-12-. The van der Waals surface area contributed by atoms with Gasteiger partial charge >= 0.3 is 6.03 Å². The van der Waals surface area contributed by atoms with Crippen molar-refractivity contribution in [2.45, 2.75) is 0 Å². The summed E-state index contributed by atoms with van der Waals surface area (Å²) < 4.78 is 10.6. The minimum absolute atomic E-state index is 0.295. The van der Waals surface area contributed by atoms with Crippen molar-refractivity contribution in [2.24, 2.45) is 0 Å². The number of anilines is 1. The molecular formula is C20H19N3O5S. The molecule has 1 aliphatic heterocycles. The van der Waals surface area contributed by atoms with Crippen LogP contribution in [-0.4, -0.2) is 37.4 Å². The summed E-state index contributed by atoms with van der Waals surface area (Å²) in [4.78, 5) is 34.9. The summed E-state index contributed by atoms with van der Waals surface area (Å²) in [5.41, 5.74) is 1.44. The molecule has 150 valence electrons. The number of imide groups is 1. The molecule has 9 heteroatoms. The first kappa shape index (κ1) is 20.3. The van der Waals surface area contributed by atoms with Crippen LogP contribution in [0.1, 0.15) is 5.56 Å². The summed E-state index contributed by atoms with van der Waals surface area (Å²) in [6, 6.07) is 13.7. The molecule has 29 heavy (non-hydrogen) atoms. The molecule has 1 fully saturated rings. The van der Waals surface area contributed by atoms with Crippen molar-refractivity contribution < 1.29 is 23.9 Å². The highest BCUT2D eigenvalue weighted by Gasteiger charge is 2.24. The Bertz CT molecular complexity index is 926. The normalized spacial score (nSPS) is 14.4. The molecule has 0 saturated carbocycles. The molecule has 0 unspecified atom stereocenters. The summed E-state index contributed by atoms with van der Waals surface area (Å²) in [5.74, 6) is 0.953. The van der Waals surface area contributed by atoms with Crippen molar-refractivity contribution in [3.05, 3.63) is 59.0 Å². The number of nitrogens with one attached hydrogen (secondary N) is 3. The Morgan fingerprint density at radius 1 is 1.07 bits per heavy atom. The lowest BCUT2D eigenvalue weighted by molar-refractivity contribution is -0.115. The quantitative estimate of drug-likeness (QED) is 0.475. The predicted octanol–water partition coefficient (Wildman–Crippen LogP) is 3.22. The lowest BCUT2D eigenvalue weighted by Crippen LogP contribution is -2.32. The van der Waals surface area contributed by atoms with Gasteiger partial charge in [-0.2, -0.15) is 0 Å².